The van der Waals surface area contributed by atoms with Gasteiger partial charge < -0.3 is 0 Å². The minimum atomic E-state index is -0.801. The van der Waals surface area contributed by atoms with Gasteiger partial charge in [0, 0.05) is 10.5 Å². The first-order chi connectivity index (χ1) is 9.70. The highest BCUT2D eigenvalue weighted by molar-refractivity contribution is 6.01. The van der Waals surface area contributed by atoms with Crippen LogP contribution in [0.2, 0.25) is 0 Å². The van der Waals surface area contributed by atoms with Gasteiger partial charge in [-0.15, -0.1) is 0 Å². The van der Waals surface area contributed by atoms with Crippen LogP contribution in [0.5, 0.6) is 0 Å². The number of nitro groups is 1. The molecule has 1 aliphatic carbocycles. The van der Waals surface area contributed by atoms with Gasteiger partial charge in [0.15, 0.2) is 5.78 Å². The van der Waals surface area contributed by atoms with Gasteiger partial charge in [0.1, 0.15) is 5.92 Å². The molecule has 2 aromatic rings. The summed E-state index contributed by atoms with van der Waals surface area (Å²) in [5.41, 5.74) is 1.41. The zero-order chi connectivity index (χ0) is 14.1. The van der Waals surface area contributed by atoms with Crippen molar-refractivity contribution in [3.63, 3.8) is 0 Å². The summed E-state index contributed by atoms with van der Waals surface area (Å²) in [7, 11) is 0. The lowest BCUT2D eigenvalue weighted by molar-refractivity contribution is -0.498. The fourth-order valence-electron chi connectivity index (χ4n) is 2.75. The number of hydrogen-bond donors (Lipinski definition) is 0. The van der Waals surface area contributed by atoms with Crippen molar-refractivity contribution in [3.05, 3.63) is 81.9 Å². The molecule has 0 saturated heterocycles. The monoisotopic (exact) mass is 267 g/mol. The second-order valence-corrected chi connectivity index (χ2v) is 4.97. The summed E-state index contributed by atoms with van der Waals surface area (Å²) in [4.78, 5) is 23.2. The predicted molar refractivity (Wildman–Crippen MR) is 74.2 cm³/mol. The Labute approximate surface area is 116 Å². The summed E-state index contributed by atoms with van der Waals surface area (Å²) >= 11 is 0. The van der Waals surface area contributed by atoms with E-state index in [2.05, 4.69) is 0 Å². The van der Waals surface area contributed by atoms with E-state index in [1.54, 1.807) is 24.3 Å². The Morgan fingerprint density at radius 3 is 2.05 bits per heavy atom. The third-order valence-electron chi connectivity index (χ3n) is 3.77. The van der Waals surface area contributed by atoms with Gasteiger partial charge in [0.05, 0.1) is 5.92 Å². The van der Waals surface area contributed by atoms with Crippen molar-refractivity contribution in [1.29, 1.82) is 0 Å². The largest absolute Gasteiger partial charge is 0.294 e. The average Bonchev–Trinajstić information content (AvgIpc) is 3.24. The van der Waals surface area contributed by atoms with Crippen LogP contribution in [0.25, 0.3) is 0 Å². The van der Waals surface area contributed by atoms with E-state index < -0.39 is 12.0 Å². The maximum absolute atomic E-state index is 12.4. The molecule has 0 unspecified atom stereocenters. The molecule has 0 N–H and O–H groups in total. The zero-order valence-corrected chi connectivity index (χ0v) is 10.7. The molecule has 3 atom stereocenters. The third-order valence-corrected chi connectivity index (χ3v) is 3.77. The minimum Gasteiger partial charge on any atom is -0.294 e. The summed E-state index contributed by atoms with van der Waals surface area (Å²) < 4.78 is 0. The molecular weight excluding hydrogens is 254 g/mol. The smallest absolute Gasteiger partial charge is 0.231 e. The van der Waals surface area contributed by atoms with Gasteiger partial charge in [-0.05, 0) is 5.56 Å². The Kier molecular flexibility index (Phi) is 3.06. The van der Waals surface area contributed by atoms with E-state index >= 15 is 0 Å². The average molecular weight is 267 g/mol. The summed E-state index contributed by atoms with van der Waals surface area (Å²) in [6.07, 6.45) is 0. The maximum atomic E-state index is 12.4. The van der Waals surface area contributed by atoms with Gasteiger partial charge >= 0.3 is 0 Å². The number of rotatable bonds is 4. The van der Waals surface area contributed by atoms with Crippen molar-refractivity contribution in [2.24, 2.45) is 5.92 Å². The lowest BCUT2D eigenvalue weighted by atomic mass is 10.0. The summed E-state index contributed by atoms with van der Waals surface area (Å²) in [5, 5.41) is 11.1. The Morgan fingerprint density at radius 1 is 0.950 bits per heavy atom. The van der Waals surface area contributed by atoms with E-state index in [0.717, 1.165) is 5.56 Å². The van der Waals surface area contributed by atoms with Crippen LogP contribution in [-0.2, 0) is 0 Å². The highest BCUT2D eigenvalue weighted by Gasteiger charge is 2.64. The Bertz CT molecular complexity index is 639. The van der Waals surface area contributed by atoms with E-state index in [9.17, 15) is 14.9 Å². The fraction of sp³-hybridized carbons (Fsp3) is 0.188. The van der Waals surface area contributed by atoms with Crippen LogP contribution in [0.1, 0.15) is 21.8 Å². The Balaban J connectivity index is 1.90. The van der Waals surface area contributed by atoms with Gasteiger partial charge in [-0.3, -0.25) is 14.9 Å². The number of Topliss-reactive ketones (excluding diaryl/α,β-unsaturated/α-hetero) is 1. The number of carbonyl (C=O) groups excluding carboxylic acids is 1. The molecule has 3 rings (SSSR count). The molecule has 1 aliphatic rings. The van der Waals surface area contributed by atoms with Crippen LogP contribution in [0.4, 0.5) is 0 Å². The normalized spacial score (nSPS) is 24.1. The second kappa shape index (κ2) is 4.89. The molecule has 2 aromatic carbocycles. The quantitative estimate of drug-likeness (QED) is 0.486. The number of carbonyl (C=O) groups is 1. The molecule has 4 heteroatoms. The Morgan fingerprint density at radius 2 is 1.50 bits per heavy atom. The van der Waals surface area contributed by atoms with E-state index in [4.69, 9.17) is 0 Å². The van der Waals surface area contributed by atoms with Crippen LogP contribution < -0.4 is 0 Å². The van der Waals surface area contributed by atoms with E-state index in [1.807, 2.05) is 36.4 Å². The summed E-state index contributed by atoms with van der Waals surface area (Å²) in [6, 6.07) is 17.2. The van der Waals surface area contributed by atoms with Crippen molar-refractivity contribution < 1.29 is 9.72 Å². The van der Waals surface area contributed by atoms with E-state index in [0.29, 0.717) is 5.56 Å². The first-order valence-corrected chi connectivity index (χ1v) is 6.48. The molecule has 1 saturated carbocycles. The Hall–Kier alpha value is -2.49. The zero-order valence-electron chi connectivity index (χ0n) is 10.7. The lowest BCUT2D eigenvalue weighted by Crippen LogP contribution is -2.10. The summed E-state index contributed by atoms with van der Waals surface area (Å²) in [6.45, 7) is 0. The SMILES string of the molecule is O=C(c1ccccc1)[C@@H]1[C@@H](c2ccccc2)[C@@H]1[N+](=O)[O-]. The lowest BCUT2D eigenvalue weighted by Gasteiger charge is -1.98. The first-order valence-electron chi connectivity index (χ1n) is 6.48. The van der Waals surface area contributed by atoms with E-state index in [-0.39, 0.29) is 16.6 Å². The van der Waals surface area contributed by atoms with Crippen molar-refractivity contribution in [2.75, 3.05) is 0 Å². The predicted octanol–water partition coefficient (Wildman–Crippen LogP) is 2.93. The third kappa shape index (κ3) is 2.09. The van der Waals surface area contributed by atoms with Gasteiger partial charge in [0.25, 0.3) is 0 Å². The van der Waals surface area contributed by atoms with Crippen LogP contribution in [-0.4, -0.2) is 16.7 Å². The molecule has 1 fully saturated rings. The van der Waals surface area contributed by atoms with Gasteiger partial charge in [-0.25, -0.2) is 0 Å². The molecule has 100 valence electrons. The van der Waals surface area contributed by atoms with Crippen LogP contribution >= 0.6 is 0 Å². The van der Waals surface area contributed by atoms with Gasteiger partial charge in [0.2, 0.25) is 6.04 Å². The molecule has 0 bridgehead atoms. The van der Waals surface area contributed by atoms with Crippen molar-refractivity contribution >= 4 is 5.78 Å². The highest BCUT2D eigenvalue weighted by atomic mass is 16.6. The molecule has 0 aromatic heterocycles. The molecule has 0 heterocycles. The first kappa shape index (κ1) is 12.5. The minimum absolute atomic E-state index is 0.138. The standard InChI is InChI=1S/C16H13NO3/c18-16(12-9-5-2-6-10-12)14-13(15(14)17(19)20)11-7-3-1-4-8-11/h1-10,13-15H/t13-,14-,15+/m1/s1. The number of benzene rings is 2. The maximum Gasteiger partial charge on any atom is 0.231 e. The van der Waals surface area contributed by atoms with Crippen molar-refractivity contribution in [2.45, 2.75) is 12.0 Å². The van der Waals surface area contributed by atoms with Gasteiger partial charge in [-0.2, -0.15) is 0 Å². The van der Waals surface area contributed by atoms with Crippen LogP contribution in [0.15, 0.2) is 60.7 Å². The van der Waals surface area contributed by atoms with Crippen molar-refractivity contribution in [3.8, 4) is 0 Å². The molecule has 0 radical (unpaired) electrons. The van der Waals surface area contributed by atoms with Crippen LogP contribution in [0, 0.1) is 16.0 Å². The van der Waals surface area contributed by atoms with Gasteiger partial charge in [-0.1, -0.05) is 60.7 Å². The number of hydrogen-bond acceptors (Lipinski definition) is 3. The number of nitrogens with zero attached hydrogens (tertiary/aromatic N) is 1. The molecule has 0 amide bonds. The molecule has 0 aliphatic heterocycles. The number of ketones is 1. The summed E-state index contributed by atoms with van der Waals surface area (Å²) in [5.74, 6) is -0.991. The topological polar surface area (TPSA) is 60.2 Å². The van der Waals surface area contributed by atoms with Crippen molar-refractivity contribution in [1.82, 2.24) is 0 Å². The van der Waals surface area contributed by atoms with E-state index in [1.165, 1.54) is 0 Å². The molecular formula is C16H13NO3. The highest BCUT2D eigenvalue weighted by Crippen LogP contribution is 2.51. The van der Waals surface area contributed by atoms with Crippen LogP contribution in [0.3, 0.4) is 0 Å². The second-order valence-electron chi connectivity index (χ2n) is 4.97. The molecule has 20 heavy (non-hydrogen) atoms. The molecule has 0 spiro atoms. The molecule has 4 nitrogen and oxygen atoms in total. The fourth-order valence-corrected chi connectivity index (χ4v) is 2.75.